The Labute approximate surface area is 213 Å². The van der Waals surface area contributed by atoms with Crippen molar-refractivity contribution in [2.24, 2.45) is 0 Å². The van der Waals surface area contributed by atoms with Crippen molar-refractivity contribution in [2.75, 3.05) is 6.61 Å². The van der Waals surface area contributed by atoms with Crippen molar-refractivity contribution >= 4 is 11.6 Å². The minimum atomic E-state index is -4.60. The molecule has 0 unspecified atom stereocenters. The molecular formula is C26H17ClF3N3O4. The van der Waals surface area contributed by atoms with Gasteiger partial charge >= 0.3 is 11.9 Å². The molecule has 0 atom stereocenters. The second-order valence-electron chi connectivity index (χ2n) is 7.59. The Bertz CT molecular complexity index is 1500. The molecule has 3 aromatic carbocycles. The van der Waals surface area contributed by atoms with Gasteiger partial charge in [0.2, 0.25) is 0 Å². The topological polar surface area (TPSA) is 97.2 Å². The monoisotopic (exact) mass is 527 g/mol. The van der Waals surface area contributed by atoms with E-state index in [4.69, 9.17) is 25.8 Å². The number of halogens is 4. The molecule has 0 aliphatic heterocycles. The molecule has 4 aromatic rings. The number of alkyl halides is 3. The number of nitriles is 1. The maximum absolute atomic E-state index is 13.1. The lowest BCUT2D eigenvalue weighted by Crippen LogP contribution is -2.11. The van der Waals surface area contributed by atoms with Gasteiger partial charge in [0.25, 0.3) is 0 Å². The van der Waals surface area contributed by atoms with E-state index >= 15 is 0 Å². The van der Waals surface area contributed by atoms with E-state index in [1.807, 2.05) is 0 Å². The number of nitrogens with one attached hydrogen (secondary N) is 1. The zero-order chi connectivity index (χ0) is 26.4. The van der Waals surface area contributed by atoms with Gasteiger partial charge in [0.05, 0.1) is 22.8 Å². The second kappa shape index (κ2) is 11.1. The number of rotatable bonds is 8. The Morgan fingerprint density at radius 3 is 2.32 bits per heavy atom. The normalized spacial score (nSPS) is 11.0. The molecule has 0 aliphatic rings. The van der Waals surface area contributed by atoms with E-state index < -0.39 is 22.5 Å². The van der Waals surface area contributed by atoms with Gasteiger partial charge in [-0.25, -0.2) is 9.78 Å². The number of benzene rings is 3. The van der Waals surface area contributed by atoms with Crippen LogP contribution in [0.2, 0.25) is 5.02 Å². The molecule has 0 bridgehead atoms. The first kappa shape index (κ1) is 25.6. The Morgan fingerprint density at radius 1 is 0.946 bits per heavy atom. The first-order chi connectivity index (χ1) is 17.7. The lowest BCUT2D eigenvalue weighted by molar-refractivity contribution is -0.137. The highest BCUT2D eigenvalue weighted by Gasteiger charge is 2.33. The van der Waals surface area contributed by atoms with Crippen LogP contribution in [-0.4, -0.2) is 16.6 Å². The summed E-state index contributed by atoms with van der Waals surface area (Å²) in [5, 5.41) is 9.13. The third kappa shape index (κ3) is 6.80. The zero-order valence-electron chi connectivity index (χ0n) is 18.9. The van der Waals surface area contributed by atoms with E-state index in [1.165, 1.54) is 30.5 Å². The summed E-state index contributed by atoms with van der Waals surface area (Å²) in [6, 6.07) is 18.2. The van der Waals surface area contributed by atoms with Gasteiger partial charge in [-0.1, -0.05) is 17.7 Å². The highest BCUT2D eigenvalue weighted by atomic mass is 35.5. The van der Waals surface area contributed by atoms with Gasteiger partial charge in [-0.15, -0.1) is 0 Å². The summed E-state index contributed by atoms with van der Waals surface area (Å²) in [4.78, 5) is 17.2. The first-order valence-electron chi connectivity index (χ1n) is 10.7. The quantitative estimate of drug-likeness (QED) is 0.280. The summed E-state index contributed by atoms with van der Waals surface area (Å²) in [5.41, 5.74) is -0.370. The number of H-pyrrole nitrogens is 1. The van der Waals surface area contributed by atoms with Crippen molar-refractivity contribution in [1.29, 1.82) is 5.26 Å². The van der Waals surface area contributed by atoms with E-state index in [2.05, 4.69) is 16.0 Å². The molecule has 7 nitrogen and oxygen atoms in total. The third-order valence-electron chi connectivity index (χ3n) is 4.99. The number of aromatic nitrogens is 2. The van der Waals surface area contributed by atoms with Gasteiger partial charge in [0, 0.05) is 18.7 Å². The number of hydrogen-bond donors (Lipinski definition) is 1. The summed E-state index contributed by atoms with van der Waals surface area (Å²) in [7, 11) is 0. The van der Waals surface area contributed by atoms with Crippen LogP contribution in [-0.2, 0) is 12.6 Å². The average molecular weight is 528 g/mol. The van der Waals surface area contributed by atoms with Crippen LogP contribution in [0.1, 0.15) is 16.7 Å². The Hall–Kier alpha value is -4.49. The first-order valence-corrected chi connectivity index (χ1v) is 11.1. The van der Waals surface area contributed by atoms with Crippen molar-refractivity contribution in [3.8, 4) is 34.9 Å². The number of hydrogen-bond acceptors (Lipinski definition) is 6. The van der Waals surface area contributed by atoms with Gasteiger partial charge < -0.3 is 14.2 Å². The molecule has 1 heterocycles. The minimum absolute atomic E-state index is 0.0213. The molecule has 0 amide bonds. The number of ether oxygens (including phenoxy) is 3. The second-order valence-corrected chi connectivity index (χ2v) is 8.00. The maximum atomic E-state index is 13.1. The largest absolute Gasteiger partial charge is 0.478 e. The lowest BCUT2D eigenvalue weighted by atomic mass is 10.1. The number of nitrogens with zero attached hydrogens (tertiary/aromatic N) is 2. The van der Waals surface area contributed by atoms with E-state index in [0.29, 0.717) is 29.4 Å². The molecule has 0 radical (unpaired) electrons. The molecule has 1 N–H and O–H groups in total. The van der Waals surface area contributed by atoms with Crippen molar-refractivity contribution in [1.82, 2.24) is 9.97 Å². The predicted octanol–water partition coefficient (Wildman–Crippen LogP) is 6.52. The molecule has 37 heavy (non-hydrogen) atoms. The fourth-order valence-electron chi connectivity index (χ4n) is 3.25. The molecule has 1 aromatic heterocycles. The van der Waals surface area contributed by atoms with Crippen molar-refractivity contribution < 1.29 is 27.4 Å². The van der Waals surface area contributed by atoms with Gasteiger partial charge in [-0.05, 0) is 60.2 Å². The van der Waals surface area contributed by atoms with Crippen LogP contribution in [0, 0.1) is 11.3 Å². The minimum Gasteiger partial charge on any atom is -0.478 e. The van der Waals surface area contributed by atoms with E-state index in [9.17, 15) is 23.2 Å². The molecule has 0 saturated heterocycles. The highest BCUT2D eigenvalue weighted by Crippen LogP contribution is 2.38. The molecule has 0 aliphatic carbocycles. The molecule has 0 fully saturated rings. The zero-order valence-corrected chi connectivity index (χ0v) is 19.6. The van der Waals surface area contributed by atoms with E-state index in [-0.39, 0.29) is 18.1 Å². The van der Waals surface area contributed by atoms with Gasteiger partial charge in [0.1, 0.15) is 29.1 Å². The molecule has 0 saturated carbocycles. The molecule has 11 heteroatoms. The fourth-order valence-corrected chi connectivity index (χ4v) is 3.47. The Kier molecular flexibility index (Phi) is 7.65. The molecule has 0 spiro atoms. The van der Waals surface area contributed by atoms with Gasteiger partial charge in [-0.2, -0.15) is 18.4 Å². The lowest BCUT2D eigenvalue weighted by Gasteiger charge is -2.13. The summed E-state index contributed by atoms with van der Waals surface area (Å²) in [6.07, 6.45) is -2.78. The summed E-state index contributed by atoms with van der Waals surface area (Å²) in [5.74, 6) is 1.28. The standard InChI is InChI=1S/C26H17ClF3N3O4/c27-22-7-6-20(14-21(22)26(28,29)30)36-18-2-4-19(5-3-18)37-23-8-1-16(13-17(23)15-31)10-12-35-24-9-11-32-25(34)33-24/h1-9,11,13-14H,10,12H2,(H,32,33,34). The third-order valence-corrected chi connectivity index (χ3v) is 5.32. The summed E-state index contributed by atoms with van der Waals surface area (Å²) >= 11 is 5.64. The van der Waals surface area contributed by atoms with Crippen LogP contribution >= 0.6 is 11.6 Å². The molecule has 4 rings (SSSR count). The van der Waals surface area contributed by atoms with Crippen LogP contribution in [0.4, 0.5) is 13.2 Å². The Balaban J connectivity index is 1.39. The molecule has 188 valence electrons. The van der Waals surface area contributed by atoms with Crippen LogP contribution in [0.25, 0.3) is 0 Å². The maximum Gasteiger partial charge on any atom is 0.417 e. The fraction of sp³-hybridized carbons (Fsp3) is 0.115. The number of aromatic amines is 1. The SMILES string of the molecule is N#Cc1cc(CCOc2ccnc(=O)[nH]2)ccc1Oc1ccc(Oc2ccc(Cl)c(C(F)(F)F)c2)cc1. The molecular weight excluding hydrogens is 511 g/mol. The predicted molar refractivity (Wildman–Crippen MR) is 128 cm³/mol. The smallest absolute Gasteiger partial charge is 0.417 e. The van der Waals surface area contributed by atoms with E-state index in [1.54, 1.807) is 30.3 Å². The van der Waals surface area contributed by atoms with Crippen LogP contribution in [0.5, 0.6) is 28.9 Å². The van der Waals surface area contributed by atoms with Crippen molar-refractivity contribution in [3.05, 3.63) is 105 Å². The summed E-state index contributed by atoms with van der Waals surface area (Å²) < 4.78 is 56.0. The Morgan fingerprint density at radius 2 is 1.65 bits per heavy atom. The van der Waals surface area contributed by atoms with Gasteiger partial charge in [0.15, 0.2) is 5.88 Å². The van der Waals surface area contributed by atoms with E-state index in [0.717, 1.165) is 17.7 Å². The van der Waals surface area contributed by atoms with Crippen molar-refractivity contribution in [3.63, 3.8) is 0 Å². The van der Waals surface area contributed by atoms with Gasteiger partial charge in [-0.3, -0.25) is 4.98 Å². The van der Waals surface area contributed by atoms with Crippen LogP contribution in [0.3, 0.4) is 0 Å². The highest BCUT2D eigenvalue weighted by molar-refractivity contribution is 6.31. The summed E-state index contributed by atoms with van der Waals surface area (Å²) in [6.45, 7) is 0.268. The average Bonchev–Trinajstić information content (AvgIpc) is 2.86. The van der Waals surface area contributed by atoms with Crippen molar-refractivity contribution in [2.45, 2.75) is 12.6 Å². The van der Waals surface area contributed by atoms with Crippen LogP contribution in [0.15, 0.2) is 77.7 Å². The van der Waals surface area contributed by atoms with Crippen LogP contribution < -0.4 is 19.9 Å².